The van der Waals surface area contributed by atoms with Crippen LogP contribution in [0.3, 0.4) is 0 Å². The maximum Gasteiger partial charge on any atom is 0.319 e. The minimum absolute atomic E-state index is 0.0551. The van der Waals surface area contributed by atoms with Crippen LogP contribution in [0.25, 0.3) is 32.9 Å². The third-order valence-corrected chi connectivity index (χ3v) is 9.90. The first-order chi connectivity index (χ1) is 20.4. The number of aromatic nitrogens is 3. The molecule has 42 heavy (non-hydrogen) atoms. The second-order valence-electron chi connectivity index (χ2n) is 12.2. The molecule has 0 saturated carbocycles. The highest BCUT2D eigenvalue weighted by Gasteiger charge is 2.49. The van der Waals surface area contributed by atoms with E-state index in [4.69, 9.17) is 21.3 Å². The number of hydrogen-bond donors (Lipinski definition) is 2. The van der Waals surface area contributed by atoms with Gasteiger partial charge in [0.15, 0.2) is 5.82 Å². The lowest BCUT2D eigenvalue weighted by molar-refractivity contribution is 0.107. The van der Waals surface area contributed by atoms with Gasteiger partial charge in [0, 0.05) is 54.3 Å². The van der Waals surface area contributed by atoms with Crippen LogP contribution in [0.2, 0.25) is 5.02 Å². The predicted octanol–water partition coefficient (Wildman–Crippen LogP) is 4.50. The highest BCUT2D eigenvalue weighted by Crippen LogP contribution is 2.41. The van der Waals surface area contributed by atoms with E-state index >= 15 is 4.39 Å². The maximum absolute atomic E-state index is 16.6. The lowest BCUT2D eigenvalue weighted by Crippen LogP contribution is -2.53. The fourth-order valence-electron chi connectivity index (χ4n) is 7.65. The lowest BCUT2D eigenvalue weighted by Gasteiger charge is -2.34. The number of aliphatic hydroxyl groups excluding tert-OH is 1. The lowest BCUT2D eigenvalue weighted by atomic mass is 9.95. The van der Waals surface area contributed by atoms with E-state index in [0.717, 1.165) is 24.8 Å². The van der Waals surface area contributed by atoms with Crippen LogP contribution in [0.4, 0.5) is 14.6 Å². The quantitative estimate of drug-likeness (QED) is 0.350. The molecule has 11 heteroatoms. The van der Waals surface area contributed by atoms with E-state index in [-0.39, 0.29) is 35.9 Å². The Morgan fingerprint density at radius 2 is 2.00 bits per heavy atom. The van der Waals surface area contributed by atoms with Crippen molar-refractivity contribution < 1.29 is 18.6 Å². The van der Waals surface area contributed by atoms with Crippen molar-refractivity contribution in [2.45, 2.75) is 55.6 Å². The zero-order chi connectivity index (χ0) is 28.6. The molecule has 4 saturated heterocycles. The number of piperazine rings is 1. The predicted molar refractivity (Wildman–Crippen MR) is 157 cm³/mol. The number of pyridine rings is 1. The average Bonchev–Trinajstić information content (AvgIpc) is 3.60. The van der Waals surface area contributed by atoms with Crippen molar-refractivity contribution in [1.29, 1.82) is 0 Å². The Morgan fingerprint density at radius 1 is 1.14 bits per heavy atom. The van der Waals surface area contributed by atoms with Crippen molar-refractivity contribution in [3.8, 4) is 17.3 Å². The molecule has 0 aliphatic carbocycles. The first kappa shape index (κ1) is 26.4. The number of ether oxygens (including phenoxy) is 1. The van der Waals surface area contributed by atoms with Crippen LogP contribution < -0.4 is 15.0 Å². The molecule has 2 N–H and O–H groups in total. The Labute approximate surface area is 246 Å². The largest absolute Gasteiger partial charge is 0.461 e. The van der Waals surface area contributed by atoms with Gasteiger partial charge in [0.2, 0.25) is 0 Å². The highest BCUT2D eigenvalue weighted by atomic mass is 35.5. The Kier molecular flexibility index (Phi) is 6.26. The number of anilines is 1. The number of benzene rings is 2. The summed E-state index contributed by atoms with van der Waals surface area (Å²) in [5.74, 6) is -0.0676. The van der Waals surface area contributed by atoms with Gasteiger partial charge >= 0.3 is 6.01 Å². The number of halogens is 3. The van der Waals surface area contributed by atoms with Crippen LogP contribution in [0.15, 0.2) is 42.6 Å². The molecule has 218 valence electrons. The van der Waals surface area contributed by atoms with Gasteiger partial charge in [-0.2, -0.15) is 9.97 Å². The summed E-state index contributed by atoms with van der Waals surface area (Å²) in [4.78, 5) is 18.2. The number of nitrogens with zero attached hydrogens (tertiary/aromatic N) is 5. The molecule has 2 aromatic heterocycles. The highest BCUT2D eigenvalue weighted by molar-refractivity contribution is 6.36. The third-order valence-electron chi connectivity index (χ3n) is 9.58. The van der Waals surface area contributed by atoms with E-state index in [2.05, 4.69) is 25.1 Å². The zero-order valence-electron chi connectivity index (χ0n) is 22.9. The van der Waals surface area contributed by atoms with E-state index in [1.807, 2.05) is 30.3 Å². The van der Waals surface area contributed by atoms with E-state index in [0.29, 0.717) is 59.7 Å². The smallest absolute Gasteiger partial charge is 0.319 e. The maximum atomic E-state index is 16.6. The molecule has 0 amide bonds. The van der Waals surface area contributed by atoms with Gasteiger partial charge < -0.3 is 20.1 Å². The molecular formula is C31H31ClF2N6O2. The van der Waals surface area contributed by atoms with Gasteiger partial charge in [-0.25, -0.2) is 8.78 Å². The molecule has 2 bridgehead atoms. The summed E-state index contributed by atoms with van der Waals surface area (Å²) in [5.41, 5.74) is 0.428. The summed E-state index contributed by atoms with van der Waals surface area (Å²) in [6, 6.07) is 11.2. The van der Waals surface area contributed by atoms with Crippen LogP contribution in [-0.4, -0.2) is 87.6 Å². The fourth-order valence-corrected chi connectivity index (χ4v) is 7.93. The molecule has 5 atom stereocenters. The van der Waals surface area contributed by atoms with E-state index < -0.39 is 23.6 Å². The van der Waals surface area contributed by atoms with Gasteiger partial charge in [0.05, 0.1) is 23.1 Å². The Morgan fingerprint density at radius 3 is 2.86 bits per heavy atom. The Balaban J connectivity index is 1.24. The van der Waals surface area contributed by atoms with Gasteiger partial charge in [-0.3, -0.25) is 9.88 Å². The van der Waals surface area contributed by atoms with Gasteiger partial charge in [0.1, 0.15) is 29.8 Å². The molecule has 6 heterocycles. The molecule has 4 aliphatic heterocycles. The molecule has 8 nitrogen and oxygen atoms in total. The number of aliphatic hydroxyl groups is 1. The Hall–Kier alpha value is -3.18. The van der Waals surface area contributed by atoms with Gasteiger partial charge in [-0.15, -0.1) is 0 Å². The van der Waals surface area contributed by atoms with Crippen molar-refractivity contribution in [3.63, 3.8) is 0 Å². The number of rotatable bonds is 5. The molecular weight excluding hydrogens is 562 g/mol. The standard InChI is InChI=1S/C31H31ClF2N6O2/c32-22-7-2-5-17-4-1-6-20(25(17)22)27-26(34)28-21(12-35-27)29(39-14-19-10-24(41)23(15-39)36-19)38-30(37-28)42-16-31-8-3-9-40(31)13-18(33)11-31/h1-2,4-7,12,18-19,23-24,36,41H,3,8-11,13-16H2/t18?,19-,23-,24-,31?/m1/s1. The van der Waals surface area contributed by atoms with Crippen LogP contribution in [-0.2, 0) is 0 Å². The van der Waals surface area contributed by atoms with Crippen LogP contribution in [0.1, 0.15) is 25.7 Å². The topological polar surface area (TPSA) is 86.6 Å². The molecule has 0 spiro atoms. The number of nitrogens with one attached hydrogen (secondary N) is 1. The van der Waals surface area contributed by atoms with E-state index in [9.17, 15) is 9.50 Å². The third kappa shape index (κ3) is 4.22. The van der Waals surface area contributed by atoms with E-state index in [1.165, 1.54) is 0 Å². The van der Waals surface area contributed by atoms with Crippen LogP contribution in [0.5, 0.6) is 6.01 Å². The van der Waals surface area contributed by atoms with Crippen LogP contribution >= 0.6 is 11.6 Å². The molecule has 4 aliphatic rings. The van der Waals surface area contributed by atoms with Crippen molar-refractivity contribution in [2.75, 3.05) is 37.7 Å². The van der Waals surface area contributed by atoms with Crippen molar-refractivity contribution in [3.05, 3.63) is 53.4 Å². The summed E-state index contributed by atoms with van der Waals surface area (Å²) in [6.45, 7) is 2.60. The zero-order valence-corrected chi connectivity index (χ0v) is 23.7. The second-order valence-corrected chi connectivity index (χ2v) is 12.6. The molecule has 0 radical (unpaired) electrons. The minimum Gasteiger partial charge on any atom is -0.461 e. The van der Waals surface area contributed by atoms with Crippen molar-refractivity contribution in [1.82, 2.24) is 25.2 Å². The van der Waals surface area contributed by atoms with Gasteiger partial charge in [-0.1, -0.05) is 41.9 Å². The first-order valence-electron chi connectivity index (χ1n) is 14.6. The number of hydrogen-bond acceptors (Lipinski definition) is 8. The summed E-state index contributed by atoms with van der Waals surface area (Å²) < 4.78 is 37.2. The molecule has 2 aromatic carbocycles. The SMILES string of the molecule is O[C@@H]1C[C@@H]2CN(c3nc(OCC45CCCN4CC(F)C5)nc4c(F)c(-c5cccc6cccc(Cl)c56)ncc34)C[C@H]1N2. The van der Waals surface area contributed by atoms with Crippen molar-refractivity contribution in [2.24, 2.45) is 0 Å². The molecule has 8 rings (SSSR count). The minimum atomic E-state index is -0.886. The molecule has 4 aromatic rings. The normalized spacial score (nSPS) is 29.1. The number of fused-ring (bicyclic) bond motifs is 5. The summed E-state index contributed by atoms with van der Waals surface area (Å²) in [6.07, 6.45) is 3.17. The monoisotopic (exact) mass is 592 g/mol. The van der Waals surface area contributed by atoms with Gasteiger partial charge in [-0.05, 0) is 37.3 Å². The average molecular weight is 593 g/mol. The summed E-state index contributed by atoms with van der Waals surface area (Å²) in [5, 5.41) is 16.5. The summed E-state index contributed by atoms with van der Waals surface area (Å²) >= 11 is 6.58. The molecule has 4 fully saturated rings. The summed E-state index contributed by atoms with van der Waals surface area (Å²) in [7, 11) is 0. The number of alkyl halides is 1. The van der Waals surface area contributed by atoms with E-state index in [1.54, 1.807) is 12.3 Å². The van der Waals surface area contributed by atoms with Crippen molar-refractivity contribution >= 4 is 39.1 Å². The van der Waals surface area contributed by atoms with Gasteiger partial charge in [0.25, 0.3) is 0 Å². The first-order valence-corrected chi connectivity index (χ1v) is 15.0. The van der Waals surface area contributed by atoms with Crippen LogP contribution in [0, 0.1) is 5.82 Å². The Bertz CT molecular complexity index is 1700. The second kappa shape index (κ2) is 9.94. The fraction of sp³-hybridized carbons (Fsp3) is 0.452. The molecule has 2 unspecified atom stereocenters.